The Bertz CT molecular complexity index is 1060. The average molecular weight is 504 g/mol. The lowest BCUT2D eigenvalue weighted by atomic mass is 9.90. The van der Waals surface area contributed by atoms with Crippen LogP contribution in [0.1, 0.15) is 35.4 Å². The van der Waals surface area contributed by atoms with Gasteiger partial charge in [0.15, 0.2) is 0 Å². The van der Waals surface area contributed by atoms with E-state index >= 15 is 0 Å². The third-order valence-corrected chi connectivity index (χ3v) is 7.15. The fourth-order valence-electron chi connectivity index (χ4n) is 4.74. The van der Waals surface area contributed by atoms with Crippen molar-refractivity contribution in [3.05, 3.63) is 107 Å². The van der Waals surface area contributed by atoms with Gasteiger partial charge in [0, 0.05) is 44.3 Å². The second kappa shape index (κ2) is 13.0. The molecule has 3 aromatic rings. The molecule has 190 valence electrons. The van der Waals surface area contributed by atoms with Crippen molar-refractivity contribution in [2.75, 3.05) is 46.8 Å². The molecule has 0 amide bonds. The smallest absolute Gasteiger partial charge is 0.138 e. The number of likely N-dealkylation sites (tertiary alicyclic amines) is 1. The number of ether oxygens (including phenoxy) is 1. The summed E-state index contributed by atoms with van der Waals surface area (Å²) in [6, 6.07) is 27.6. The van der Waals surface area contributed by atoms with E-state index in [1.54, 1.807) is 0 Å². The summed E-state index contributed by atoms with van der Waals surface area (Å²) < 4.78 is 6.34. The third kappa shape index (κ3) is 7.36. The van der Waals surface area contributed by atoms with Crippen molar-refractivity contribution < 1.29 is 4.74 Å². The zero-order valence-corrected chi connectivity index (χ0v) is 22.3. The molecule has 0 bridgehead atoms. The van der Waals surface area contributed by atoms with Gasteiger partial charge in [-0.15, -0.1) is 0 Å². The monoisotopic (exact) mass is 503 g/mol. The molecule has 0 saturated carbocycles. The van der Waals surface area contributed by atoms with E-state index in [4.69, 9.17) is 16.3 Å². The van der Waals surface area contributed by atoms with E-state index in [0.717, 1.165) is 62.6 Å². The first-order valence-electron chi connectivity index (χ1n) is 12.9. The van der Waals surface area contributed by atoms with Crippen LogP contribution in [-0.2, 0) is 0 Å². The molecular weight excluding hydrogens is 466 g/mol. The predicted molar refractivity (Wildman–Crippen MR) is 152 cm³/mol. The van der Waals surface area contributed by atoms with Crippen LogP contribution in [0.3, 0.4) is 0 Å². The Morgan fingerprint density at radius 1 is 1.00 bits per heavy atom. The Morgan fingerprint density at radius 3 is 2.17 bits per heavy atom. The molecule has 1 heterocycles. The molecule has 1 N–H and O–H groups in total. The zero-order valence-electron chi connectivity index (χ0n) is 21.5. The van der Waals surface area contributed by atoms with Crippen LogP contribution in [0.2, 0.25) is 5.02 Å². The Labute approximate surface area is 221 Å². The fraction of sp³-hybridized carbons (Fsp3) is 0.355. The molecule has 36 heavy (non-hydrogen) atoms. The molecule has 0 aliphatic carbocycles. The van der Waals surface area contributed by atoms with Crippen LogP contribution >= 0.6 is 11.6 Å². The van der Waals surface area contributed by atoms with Crippen LogP contribution in [0.5, 0.6) is 5.75 Å². The first-order valence-corrected chi connectivity index (χ1v) is 13.2. The van der Waals surface area contributed by atoms with Gasteiger partial charge in [-0.25, -0.2) is 0 Å². The first-order chi connectivity index (χ1) is 17.5. The van der Waals surface area contributed by atoms with Crippen molar-refractivity contribution in [2.45, 2.75) is 24.9 Å². The second-order valence-electron chi connectivity index (χ2n) is 9.85. The fourth-order valence-corrected chi connectivity index (χ4v) is 4.96. The van der Waals surface area contributed by atoms with Crippen LogP contribution in [0.15, 0.2) is 85.4 Å². The van der Waals surface area contributed by atoms with Crippen molar-refractivity contribution in [3.8, 4) is 5.75 Å². The van der Waals surface area contributed by atoms with Gasteiger partial charge in [-0.3, -0.25) is 0 Å². The Kier molecular flexibility index (Phi) is 9.46. The van der Waals surface area contributed by atoms with E-state index in [9.17, 15) is 0 Å². The Hall–Kier alpha value is -2.79. The standard InChI is InChI=1S/C31H38ClN3O/c1-24(33-18-21-34(2)3)27-14-15-31(30(32)22-27)36-28-16-19-35(20-17-28)23-29(25-10-6-4-7-11-25)26-12-8-5-9-13-26/h4-15,22,28-29,33H,1,16-21,23H2,2-3H3. The minimum absolute atomic E-state index is 0.179. The lowest BCUT2D eigenvalue weighted by Gasteiger charge is -2.35. The molecule has 0 aromatic heterocycles. The quantitative estimate of drug-likeness (QED) is 0.340. The minimum Gasteiger partial charge on any atom is -0.489 e. The number of piperidine rings is 1. The average Bonchev–Trinajstić information content (AvgIpc) is 2.90. The minimum atomic E-state index is 0.179. The normalized spacial score (nSPS) is 14.8. The van der Waals surface area contributed by atoms with Crippen LogP contribution < -0.4 is 10.1 Å². The lowest BCUT2D eigenvalue weighted by Crippen LogP contribution is -2.40. The summed E-state index contributed by atoms with van der Waals surface area (Å²) in [5.74, 6) is 1.12. The maximum absolute atomic E-state index is 6.60. The lowest BCUT2D eigenvalue weighted by molar-refractivity contribution is 0.0989. The molecule has 0 atom stereocenters. The van der Waals surface area contributed by atoms with E-state index in [0.29, 0.717) is 10.9 Å². The molecule has 1 aliphatic rings. The van der Waals surface area contributed by atoms with E-state index in [2.05, 4.69) is 96.5 Å². The van der Waals surface area contributed by atoms with Crippen LogP contribution in [0, 0.1) is 0 Å². The van der Waals surface area contributed by atoms with Gasteiger partial charge in [0.05, 0.1) is 5.02 Å². The summed E-state index contributed by atoms with van der Waals surface area (Å²) in [6.07, 6.45) is 2.17. The molecule has 4 rings (SSSR count). The van der Waals surface area contributed by atoms with Crippen LogP contribution in [0.25, 0.3) is 5.70 Å². The Morgan fingerprint density at radius 2 is 1.61 bits per heavy atom. The molecule has 1 saturated heterocycles. The van der Waals surface area contributed by atoms with Crippen LogP contribution in [-0.4, -0.2) is 62.7 Å². The molecule has 3 aromatic carbocycles. The van der Waals surface area contributed by atoms with Gasteiger partial charge in [-0.2, -0.15) is 0 Å². The molecule has 1 fully saturated rings. The number of rotatable bonds is 11. The van der Waals surface area contributed by atoms with E-state index in [1.165, 1.54) is 11.1 Å². The van der Waals surface area contributed by atoms with Gasteiger partial charge >= 0.3 is 0 Å². The number of nitrogens with zero attached hydrogens (tertiary/aromatic N) is 2. The van der Waals surface area contributed by atoms with Gasteiger partial charge in [-0.1, -0.05) is 78.8 Å². The van der Waals surface area contributed by atoms with Gasteiger partial charge < -0.3 is 19.9 Å². The maximum Gasteiger partial charge on any atom is 0.138 e. The zero-order chi connectivity index (χ0) is 25.3. The molecule has 0 unspecified atom stereocenters. The summed E-state index contributed by atoms with van der Waals surface area (Å²) in [5.41, 5.74) is 4.61. The topological polar surface area (TPSA) is 27.7 Å². The number of halogens is 1. The Balaban J connectivity index is 1.31. The van der Waals surface area contributed by atoms with Crippen molar-refractivity contribution in [1.82, 2.24) is 15.1 Å². The maximum atomic E-state index is 6.60. The highest BCUT2D eigenvalue weighted by Gasteiger charge is 2.25. The van der Waals surface area contributed by atoms with E-state index < -0.39 is 0 Å². The summed E-state index contributed by atoms with van der Waals surface area (Å²) >= 11 is 6.60. The second-order valence-corrected chi connectivity index (χ2v) is 10.3. The number of likely N-dealkylation sites (N-methyl/N-ethyl adjacent to an activating group) is 1. The molecule has 1 aliphatic heterocycles. The molecule has 0 spiro atoms. The van der Waals surface area contributed by atoms with Gasteiger partial charge in [0.2, 0.25) is 0 Å². The van der Waals surface area contributed by atoms with E-state index in [1.807, 2.05) is 18.2 Å². The van der Waals surface area contributed by atoms with Crippen molar-refractivity contribution in [3.63, 3.8) is 0 Å². The number of benzene rings is 3. The van der Waals surface area contributed by atoms with E-state index in [-0.39, 0.29) is 6.10 Å². The predicted octanol–water partition coefficient (Wildman–Crippen LogP) is 6.14. The highest BCUT2D eigenvalue weighted by atomic mass is 35.5. The number of nitrogens with one attached hydrogen (secondary N) is 1. The highest BCUT2D eigenvalue weighted by molar-refractivity contribution is 6.32. The summed E-state index contributed by atoms with van der Waals surface area (Å²) in [6.45, 7) is 8.99. The molecule has 0 radical (unpaired) electrons. The highest BCUT2D eigenvalue weighted by Crippen LogP contribution is 2.31. The summed E-state index contributed by atoms with van der Waals surface area (Å²) in [7, 11) is 4.12. The summed E-state index contributed by atoms with van der Waals surface area (Å²) in [5, 5.41) is 4.00. The molecule has 4 nitrogen and oxygen atoms in total. The largest absolute Gasteiger partial charge is 0.489 e. The first kappa shape index (κ1) is 26.3. The summed E-state index contributed by atoms with van der Waals surface area (Å²) in [4.78, 5) is 4.71. The molecule has 5 heteroatoms. The van der Waals surface area contributed by atoms with Crippen molar-refractivity contribution in [1.29, 1.82) is 0 Å². The van der Waals surface area contributed by atoms with Crippen LogP contribution in [0.4, 0.5) is 0 Å². The van der Waals surface area contributed by atoms with Crippen molar-refractivity contribution in [2.24, 2.45) is 0 Å². The van der Waals surface area contributed by atoms with Gasteiger partial charge in [0.1, 0.15) is 11.9 Å². The van der Waals surface area contributed by atoms with Gasteiger partial charge in [0.25, 0.3) is 0 Å². The van der Waals surface area contributed by atoms with Gasteiger partial charge in [-0.05, 0) is 61.8 Å². The molecular formula is C31H38ClN3O. The number of hydrogen-bond acceptors (Lipinski definition) is 4. The van der Waals surface area contributed by atoms with Crippen molar-refractivity contribution >= 4 is 17.3 Å². The number of hydrogen-bond donors (Lipinski definition) is 1. The third-order valence-electron chi connectivity index (χ3n) is 6.85. The SMILES string of the molecule is C=C(NCCN(C)C)c1ccc(OC2CCN(CC(c3ccccc3)c3ccccc3)CC2)c(Cl)c1.